The molecule has 3 nitrogen and oxygen atoms in total. The van der Waals surface area contributed by atoms with Gasteiger partial charge in [-0.05, 0) is 5.56 Å². The summed E-state index contributed by atoms with van der Waals surface area (Å²) in [6, 6.07) is 10.7. The highest BCUT2D eigenvalue weighted by atomic mass is 15.3. The smallest absolute Gasteiger partial charge is 0.0645 e. The Morgan fingerprint density at radius 2 is 1.65 bits per heavy atom. The second-order valence-electron chi connectivity index (χ2n) is 4.68. The number of benzene rings is 1. The van der Waals surface area contributed by atoms with Gasteiger partial charge in [-0.3, -0.25) is 9.80 Å². The van der Waals surface area contributed by atoms with Gasteiger partial charge in [-0.25, -0.2) is 0 Å². The number of nitrogens with two attached hydrogens (primary N) is 1. The zero-order chi connectivity index (χ0) is 11.9. The Morgan fingerprint density at radius 1 is 1.00 bits per heavy atom. The van der Waals surface area contributed by atoms with Gasteiger partial charge in [-0.2, -0.15) is 7.05 Å². The van der Waals surface area contributed by atoms with Crippen LogP contribution in [0.3, 0.4) is 0 Å². The van der Waals surface area contributed by atoms with Crippen molar-refractivity contribution in [2.45, 2.75) is 6.54 Å². The molecule has 1 heterocycles. The SMILES string of the molecule is [CH2-][NH2+]CCN1CCN(Cc2ccccc2)CC1. The summed E-state index contributed by atoms with van der Waals surface area (Å²) in [6.45, 7) is 8.14. The van der Waals surface area contributed by atoms with E-state index >= 15 is 0 Å². The molecule has 0 saturated carbocycles. The number of rotatable bonds is 5. The fraction of sp³-hybridized carbons (Fsp3) is 0.500. The Morgan fingerprint density at radius 3 is 2.29 bits per heavy atom. The molecule has 2 rings (SSSR count). The van der Waals surface area contributed by atoms with Gasteiger partial charge in [0.15, 0.2) is 0 Å². The molecule has 0 unspecified atom stereocenters. The average molecular weight is 233 g/mol. The van der Waals surface area contributed by atoms with Crippen LogP contribution in [0.5, 0.6) is 0 Å². The lowest BCUT2D eigenvalue weighted by molar-refractivity contribution is -0.595. The molecule has 0 aliphatic carbocycles. The largest absolute Gasteiger partial charge is 0.478 e. The summed E-state index contributed by atoms with van der Waals surface area (Å²) in [4.78, 5) is 5.07. The highest BCUT2D eigenvalue weighted by Crippen LogP contribution is 2.07. The van der Waals surface area contributed by atoms with Gasteiger partial charge in [-0.1, -0.05) is 30.3 Å². The van der Waals surface area contributed by atoms with Crippen molar-refractivity contribution in [3.05, 3.63) is 42.9 Å². The highest BCUT2D eigenvalue weighted by molar-refractivity contribution is 5.14. The summed E-state index contributed by atoms with van der Waals surface area (Å²) in [5.41, 5.74) is 1.42. The van der Waals surface area contributed by atoms with E-state index < -0.39 is 0 Å². The lowest BCUT2D eigenvalue weighted by atomic mass is 10.2. The van der Waals surface area contributed by atoms with Crippen molar-refractivity contribution < 1.29 is 5.32 Å². The third-order valence-electron chi connectivity index (χ3n) is 3.36. The van der Waals surface area contributed by atoms with Crippen molar-refractivity contribution in [1.82, 2.24) is 9.80 Å². The molecule has 1 aromatic rings. The summed E-state index contributed by atoms with van der Waals surface area (Å²) < 4.78 is 0. The molecule has 0 amide bonds. The van der Waals surface area contributed by atoms with Crippen LogP contribution in [-0.2, 0) is 6.54 Å². The fourth-order valence-corrected chi connectivity index (χ4v) is 2.29. The van der Waals surface area contributed by atoms with Crippen molar-refractivity contribution in [2.24, 2.45) is 0 Å². The average Bonchev–Trinajstić information content (AvgIpc) is 2.39. The first kappa shape index (κ1) is 12.6. The number of piperazine rings is 1. The van der Waals surface area contributed by atoms with Crippen molar-refractivity contribution in [3.63, 3.8) is 0 Å². The van der Waals surface area contributed by atoms with Crippen molar-refractivity contribution >= 4 is 0 Å². The minimum Gasteiger partial charge on any atom is -0.478 e. The van der Waals surface area contributed by atoms with Crippen molar-refractivity contribution in [1.29, 1.82) is 0 Å². The van der Waals surface area contributed by atoms with Crippen LogP contribution < -0.4 is 5.32 Å². The normalized spacial score (nSPS) is 18.4. The van der Waals surface area contributed by atoms with Crippen molar-refractivity contribution in [3.8, 4) is 0 Å². The maximum absolute atomic E-state index is 3.78. The molecule has 1 aliphatic heterocycles. The lowest BCUT2D eigenvalue weighted by Crippen LogP contribution is -2.79. The van der Waals surface area contributed by atoms with Gasteiger partial charge in [0.25, 0.3) is 0 Å². The predicted molar refractivity (Wildman–Crippen MR) is 70.3 cm³/mol. The lowest BCUT2D eigenvalue weighted by Gasteiger charge is -2.34. The fourth-order valence-electron chi connectivity index (χ4n) is 2.29. The predicted octanol–water partition coefficient (Wildman–Crippen LogP) is 0.159. The van der Waals surface area contributed by atoms with Crippen LogP contribution in [0.15, 0.2) is 30.3 Å². The first-order chi connectivity index (χ1) is 8.38. The molecule has 17 heavy (non-hydrogen) atoms. The third-order valence-corrected chi connectivity index (χ3v) is 3.36. The quantitative estimate of drug-likeness (QED) is 0.732. The molecule has 0 radical (unpaired) electrons. The third kappa shape index (κ3) is 4.11. The molecule has 94 valence electrons. The van der Waals surface area contributed by atoms with Gasteiger partial charge in [0.2, 0.25) is 0 Å². The van der Waals surface area contributed by atoms with Crippen molar-refractivity contribution in [2.75, 3.05) is 39.3 Å². The minimum atomic E-state index is 1.09. The van der Waals surface area contributed by atoms with E-state index in [0.717, 1.165) is 13.1 Å². The van der Waals surface area contributed by atoms with Crippen LogP contribution in [0.4, 0.5) is 0 Å². The molecule has 1 fully saturated rings. The maximum Gasteiger partial charge on any atom is 0.0645 e. The van der Waals surface area contributed by atoms with Gasteiger partial charge in [0, 0.05) is 39.3 Å². The van der Waals surface area contributed by atoms with E-state index in [-0.39, 0.29) is 0 Å². The second kappa shape index (κ2) is 6.74. The molecular weight excluding hydrogens is 210 g/mol. The van der Waals surface area contributed by atoms with Gasteiger partial charge < -0.3 is 5.32 Å². The summed E-state index contributed by atoms with van der Waals surface area (Å²) in [5, 5.41) is 2.01. The van der Waals surface area contributed by atoms with E-state index in [2.05, 4.69) is 47.2 Å². The molecular formula is C14H23N3. The Labute approximate surface area is 104 Å². The van der Waals surface area contributed by atoms with E-state index in [1.54, 1.807) is 0 Å². The first-order valence-electron chi connectivity index (χ1n) is 6.48. The Kier molecular flexibility index (Phi) is 4.98. The van der Waals surface area contributed by atoms with E-state index in [0.29, 0.717) is 0 Å². The van der Waals surface area contributed by atoms with E-state index in [1.807, 2.05) is 5.32 Å². The zero-order valence-corrected chi connectivity index (χ0v) is 10.5. The minimum absolute atomic E-state index is 1.09. The molecule has 0 spiro atoms. The van der Waals surface area contributed by atoms with Crippen LogP contribution in [0.2, 0.25) is 0 Å². The van der Waals surface area contributed by atoms with E-state index in [1.165, 1.54) is 38.3 Å². The van der Waals surface area contributed by atoms with Gasteiger partial charge in [0.1, 0.15) is 0 Å². The summed E-state index contributed by atoms with van der Waals surface area (Å²) in [5.74, 6) is 0. The number of hydrogen-bond donors (Lipinski definition) is 1. The van der Waals surface area contributed by atoms with Gasteiger partial charge >= 0.3 is 0 Å². The monoisotopic (exact) mass is 233 g/mol. The first-order valence-corrected chi connectivity index (χ1v) is 6.48. The number of quaternary nitrogens is 1. The van der Waals surface area contributed by atoms with Crippen LogP contribution in [0, 0.1) is 7.05 Å². The van der Waals surface area contributed by atoms with Crippen LogP contribution >= 0.6 is 0 Å². The number of nitrogens with zero attached hydrogens (tertiary/aromatic N) is 2. The maximum atomic E-state index is 3.78. The van der Waals surface area contributed by atoms with Gasteiger partial charge in [0.05, 0.1) is 6.54 Å². The molecule has 0 bridgehead atoms. The molecule has 0 atom stereocenters. The standard InChI is InChI=1S/C14H23N3/c1-15-7-8-16-9-11-17(12-10-16)13-14-5-3-2-4-6-14/h2-6H,1,7-13,15H2. The Bertz CT molecular complexity index is 305. The molecule has 2 N–H and O–H groups in total. The molecule has 1 saturated heterocycles. The summed E-state index contributed by atoms with van der Waals surface area (Å²) >= 11 is 0. The van der Waals surface area contributed by atoms with Crippen LogP contribution in [0.1, 0.15) is 5.56 Å². The molecule has 1 aliphatic rings. The van der Waals surface area contributed by atoms with Crippen LogP contribution in [0.25, 0.3) is 0 Å². The Balaban J connectivity index is 1.72. The summed E-state index contributed by atoms with van der Waals surface area (Å²) in [6.07, 6.45) is 0. The van der Waals surface area contributed by atoms with E-state index in [4.69, 9.17) is 0 Å². The molecule has 0 aromatic heterocycles. The Hall–Kier alpha value is -0.900. The second-order valence-corrected chi connectivity index (χ2v) is 4.68. The zero-order valence-electron chi connectivity index (χ0n) is 10.5. The number of hydrogen-bond acceptors (Lipinski definition) is 2. The highest BCUT2D eigenvalue weighted by Gasteiger charge is 2.16. The molecule has 1 aromatic carbocycles. The molecule has 3 heteroatoms. The van der Waals surface area contributed by atoms with E-state index in [9.17, 15) is 0 Å². The van der Waals surface area contributed by atoms with Gasteiger partial charge in [-0.15, -0.1) is 0 Å². The summed E-state index contributed by atoms with van der Waals surface area (Å²) in [7, 11) is 3.78. The topological polar surface area (TPSA) is 23.1 Å². The van der Waals surface area contributed by atoms with Crippen LogP contribution in [-0.4, -0.2) is 49.1 Å².